The van der Waals surface area contributed by atoms with E-state index in [1.807, 2.05) is 30.3 Å². The van der Waals surface area contributed by atoms with Gasteiger partial charge in [-0.05, 0) is 42.7 Å². The molecule has 22 heavy (non-hydrogen) atoms. The van der Waals surface area contributed by atoms with Crippen LogP contribution in [0.3, 0.4) is 0 Å². The summed E-state index contributed by atoms with van der Waals surface area (Å²) in [7, 11) is 0. The van der Waals surface area contributed by atoms with E-state index in [9.17, 15) is 4.79 Å². The number of rotatable bonds is 4. The van der Waals surface area contributed by atoms with Gasteiger partial charge in [0.15, 0.2) is 0 Å². The van der Waals surface area contributed by atoms with Crippen molar-refractivity contribution in [2.75, 3.05) is 5.32 Å². The second kappa shape index (κ2) is 7.10. The number of halogens is 1. The third-order valence-corrected chi connectivity index (χ3v) is 4.86. The van der Waals surface area contributed by atoms with Crippen LogP contribution in [0.1, 0.15) is 37.3 Å². The zero-order chi connectivity index (χ0) is 15.4. The molecule has 1 saturated carbocycles. The Morgan fingerprint density at radius 1 is 1.00 bits per heavy atom. The molecule has 1 aliphatic carbocycles. The number of hydrogen-bond acceptors (Lipinski definition) is 2. The summed E-state index contributed by atoms with van der Waals surface area (Å²) in [5, 5.41) is 3.58. The Balaban J connectivity index is 1.90. The molecule has 0 spiro atoms. The van der Waals surface area contributed by atoms with Gasteiger partial charge in [-0.2, -0.15) is 0 Å². The molecule has 0 heterocycles. The lowest BCUT2D eigenvalue weighted by molar-refractivity contribution is -0.125. The fraction of sp³-hybridized carbons (Fsp3) is 0.316. The summed E-state index contributed by atoms with van der Waals surface area (Å²) in [6, 6.07) is 18.5. The van der Waals surface area contributed by atoms with Crippen molar-refractivity contribution in [1.82, 2.24) is 0 Å². The highest BCUT2D eigenvalue weighted by Crippen LogP contribution is 2.35. The van der Waals surface area contributed by atoms with Gasteiger partial charge in [0.1, 0.15) is 5.78 Å². The van der Waals surface area contributed by atoms with Crippen LogP contribution in [0.2, 0.25) is 0 Å². The average Bonchev–Trinajstić information content (AvgIpc) is 2.55. The van der Waals surface area contributed by atoms with Crippen molar-refractivity contribution < 1.29 is 4.79 Å². The summed E-state index contributed by atoms with van der Waals surface area (Å²) in [6.07, 6.45) is 3.86. The van der Waals surface area contributed by atoms with E-state index in [2.05, 4.69) is 45.5 Å². The number of anilines is 1. The standard InChI is InChI=1S/C19H20BrNO/c20-15-12-10-14(11-13-15)19(17-8-4-5-9-18(17)22)21-16-6-2-1-3-7-16/h1-3,6-7,10-13,17,19,21H,4-5,8-9H2. The zero-order valence-electron chi connectivity index (χ0n) is 12.5. The Kier molecular flexibility index (Phi) is 4.94. The van der Waals surface area contributed by atoms with Gasteiger partial charge in [-0.1, -0.05) is 52.7 Å². The number of ketones is 1. The first-order chi connectivity index (χ1) is 10.7. The fourth-order valence-corrected chi connectivity index (χ4v) is 3.43. The Morgan fingerprint density at radius 3 is 2.41 bits per heavy atom. The highest BCUT2D eigenvalue weighted by atomic mass is 79.9. The van der Waals surface area contributed by atoms with E-state index in [1.165, 1.54) is 5.56 Å². The molecule has 0 aromatic heterocycles. The summed E-state index contributed by atoms with van der Waals surface area (Å²) in [6.45, 7) is 0. The van der Waals surface area contributed by atoms with Crippen LogP contribution >= 0.6 is 15.9 Å². The van der Waals surface area contributed by atoms with Gasteiger partial charge in [0, 0.05) is 22.5 Å². The molecular weight excluding hydrogens is 338 g/mol. The summed E-state index contributed by atoms with van der Waals surface area (Å²) in [5.74, 6) is 0.456. The third-order valence-electron chi connectivity index (χ3n) is 4.33. The number of nitrogens with one attached hydrogen (secondary N) is 1. The van der Waals surface area contributed by atoms with Crippen LogP contribution < -0.4 is 5.32 Å². The molecule has 2 nitrogen and oxygen atoms in total. The maximum absolute atomic E-state index is 12.4. The minimum atomic E-state index is 0.0447. The molecule has 1 fully saturated rings. The predicted octanol–water partition coefficient (Wildman–Crippen LogP) is 5.36. The highest BCUT2D eigenvalue weighted by Gasteiger charge is 2.31. The van der Waals surface area contributed by atoms with E-state index < -0.39 is 0 Å². The summed E-state index contributed by atoms with van der Waals surface area (Å²) in [4.78, 5) is 12.4. The molecule has 2 aromatic carbocycles. The van der Waals surface area contributed by atoms with E-state index in [4.69, 9.17) is 0 Å². The van der Waals surface area contributed by atoms with Crippen LogP contribution in [0, 0.1) is 5.92 Å². The van der Waals surface area contributed by atoms with Gasteiger partial charge in [-0.3, -0.25) is 4.79 Å². The van der Waals surface area contributed by atoms with Gasteiger partial charge in [-0.25, -0.2) is 0 Å². The van der Waals surface area contributed by atoms with Gasteiger partial charge in [0.05, 0.1) is 6.04 Å². The van der Waals surface area contributed by atoms with Gasteiger partial charge in [0.25, 0.3) is 0 Å². The van der Waals surface area contributed by atoms with E-state index in [1.54, 1.807) is 0 Å². The largest absolute Gasteiger partial charge is 0.378 e. The lowest BCUT2D eigenvalue weighted by Crippen LogP contribution is -2.30. The van der Waals surface area contributed by atoms with Crippen LogP contribution in [-0.2, 0) is 4.79 Å². The van der Waals surface area contributed by atoms with Crippen molar-refractivity contribution in [2.45, 2.75) is 31.7 Å². The molecule has 0 saturated heterocycles. The molecule has 0 aliphatic heterocycles. The van der Waals surface area contributed by atoms with Gasteiger partial charge < -0.3 is 5.32 Å². The summed E-state index contributed by atoms with van der Waals surface area (Å²) < 4.78 is 1.06. The molecule has 3 rings (SSSR count). The van der Waals surface area contributed by atoms with Crippen LogP contribution in [0.4, 0.5) is 5.69 Å². The zero-order valence-corrected chi connectivity index (χ0v) is 14.1. The van der Waals surface area contributed by atoms with Crippen molar-refractivity contribution in [3.63, 3.8) is 0 Å². The Morgan fingerprint density at radius 2 is 1.73 bits per heavy atom. The number of benzene rings is 2. The average molecular weight is 358 g/mol. The predicted molar refractivity (Wildman–Crippen MR) is 93.9 cm³/mol. The quantitative estimate of drug-likeness (QED) is 0.797. The highest BCUT2D eigenvalue weighted by molar-refractivity contribution is 9.10. The molecule has 114 valence electrons. The number of hydrogen-bond donors (Lipinski definition) is 1. The van der Waals surface area contributed by atoms with Crippen molar-refractivity contribution in [3.8, 4) is 0 Å². The second-order valence-electron chi connectivity index (χ2n) is 5.86. The SMILES string of the molecule is O=C1CCCCC1C(Nc1ccccc1)c1ccc(Br)cc1. The maximum Gasteiger partial charge on any atom is 0.138 e. The van der Waals surface area contributed by atoms with Crippen LogP contribution in [0.25, 0.3) is 0 Å². The normalized spacial score (nSPS) is 19.7. The van der Waals surface area contributed by atoms with E-state index in [-0.39, 0.29) is 12.0 Å². The minimum Gasteiger partial charge on any atom is -0.378 e. The minimum absolute atomic E-state index is 0.0447. The number of carbonyl (C=O) groups is 1. The first kappa shape index (κ1) is 15.3. The van der Waals surface area contributed by atoms with Crippen LogP contribution in [0.5, 0.6) is 0 Å². The lowest BCUT2D eigenvalue weighted by atomic mass is 9.80. The first-order valence-electron chi connectivity index (χ1n) is 7.84. The molecule has 2 atom stereocenters. The van der Waals surface area contributed by atoms with Crippen molar-refractivity contribution in [2.24, 2.45) is 5.92 Å². The molecule has 0 radical (unpaired) electrons. The van der Waals surface area contributed by atoms with Crippen molar-refractivity contribution in [1.29, 1.82) is 0 Å². The molecule has 0 bridgehead atoms. The summed E-state index contributed by atoms with van der Waals surface area (Å²) in [5.41, 5.74) is 2.24. The second-order valence-corrected chi connectivity index (χ2v) is 6.77. The van der Waals surface area contributed by atoms with Crippen LogP contribution in [-0.4, -0.2) is 5.78 Å². The molecule has 0 amide bonds. The first-order valence-corrected chi connectivity index (χ1v) is 8.63. The molecular formula is C19H20BrNO. The Bertz CT molecular complexity index is 624. The topological polar surface area (TPSA) is 29.1 Å². The molecule has 2 unspecified atom stereocenters. The lowest BCUT2D eigenvalue weighted by Gasteiger charge is -2.31. The smallest absolute Gasteiger partial charge is 0.138 e. The molecule has 2 aromatic rings. The fourth-order valence-electron chi connectivity index (χ4n) is 3.16. The van der Waals surface area contributed by atoms with E-state index >= 15 is 0 Å². The van der Waals surface area contributed by atoms with Gasteiger partial charge in [0.2, 0.25) is 0 Å². The Hall–Kier alpha value is -1.61. The van der Waals surface area contributed by atoms with E-state index in [0.717, 1.165) is 29.4 Å². The molecule has 3 heteroatoms. The van der Waals surface area contributed by atoms with E-state index in [0.29, 0.717) is 12.2 Å². The van der Waals surface area contributed by atoms with Gasteiger partial charge >= 0.3 is 0 Å². The number of para-hydroxylation sites is 1. The summed E-state index contributed by atoms with van der Waals surface area (Å²) >= 11 is 3.48. The monoisotopic (exact) mass is 357 g/mol. The van der Waals surface area contributed by atoms with Gasteiger partial charge in [-0.15, -0.1) is 0 Å². The van der Waals surface area contributed by atoms with Crippen molar-refractivity contribution >= 4 is 27.4 Å². The Labute approximate surface area is 140 Å². The molecule has 1 aliphatic rings. The number of carbonyl (C=O) groups excluding carboxylic acids is 1. The third kappa shape index (κ3) is 3.58. The van der Waals surface area contributed by atoms with Crippen LogP contribution in [0.15, 0.2) is 59.1 Å². The van der Waals surface area contributed by atoms with Crippen molar-refractivity contribution in [3.05, 3.63) is 64.6 Å². The maximum atomic E-state index is 12.4. The number of Topliss-reactive ketones (excluding diaryl/α,β-unsaturated/α-hetero) is 1. The molecule has 1 N–H and O–H groups in total.